The Balaban J connectivity index is 1.99. The van der Waals surface area contributed by atoms with Gasteiger partial charge in [-0.2, -0.15) is 0 Å². The summed E-state index contributed by atoms with van der Waals surface area (Å²) in [4.78, 5) is 16.1. The molecular formula is C19H23N3O3. The zero-order valence-electron chi connectivity index (χ0n) is 14.5. The summed E-state index contributed by atoms with van der Waals surface area (Å²) in [6.45, 7) is 1.85. The van der Waals surface area contributed by atoms with Gasteiger partial charge in [0.25, 0.3) is 0 Å². The largest absolute Gasteiger partial charge is 0.475 e. The van der Waals surface area contributed by atoms with Crippen molar-refractivity contribution in [3.8, 4) is 17.0 Å². The van der Waals surface area contributed by atoms with Crippen LogP contribution in [-0.4, -0.2) is 35.9 Å². The number of nitrogens with one attached hydrogen (secondary N) is 2. The number of anilines is 1. The zero-order valence-corrected chi connectivity index (χ0v) is 14.5. The molecule has 1 aliphatic carbocycles. The van der Waals surface area contributed by atoms with Crippen molar-refractivity contribution < 1.29 is 14.6 Å². The van der Waals surface area contributed by atoms with Crippen molar-refractivity contribution >= 4 is 11.7 Å². The third kappa shape index (κ3) is 3.91. The number of fused-ring (bicyclic) bond motifs is 1. The molecule has 25 heavy (non-hydrogen) atoms. The highest BCUT2D eigenvalue weighted by atomic mass is 16.5. The zero-order chi connectivity index (χ0) is 17.8. The maximum Gasteiger partial charge on any atom is 0.319 e. The van der Waals surface area contributed by atoms with E-state index < -0.39 is 6.10 Å². The van der Waals surface area contributed by atoms with Crippen molar-refractivity contribution in [2.24, 2.45) is 0 Å². The maximum atomic E-state index is 11.9. The van der Waals surface area contributed by atoms with Gasteiger partial charge in [-0.3, -0.25) is 0 Å². The molecule has 0 fully saturated rings. The van der Waals surface area contributed by atoms with Crippen LogP contribution in [0.1, 0.15) is 24.5 Å². The summed E-state index contributed by atoms with van der Waals surface area (Å²) in [5, 5.41) is 15.0. The van der Waals surface area contributed by atoms with Crippen LogP contribution in [0.5, 0.6) is 5.88 Å². The SMILES string of the molecule is CNC(=O)Nc1c(-c2ccnc(OCC(C)O)c2)ccc2c1CCC2. The average Bonchev–Trinajstić information content (AvgIpc) is 3.09. The van der Waals surface area contributed by atoms with Gasteiger partial charge in [-0.05, 0) is 48.9 Å². The molecule has 1 aromatic carbocycles. The lowest BCUT2D eigenvalue weighted by molar-refractivity contribution is 0.120. The number of carbonyl (C=O) groups excluding carboxylic acids is 1. The summed E-state index contributed by atoms with van der Waals surface area (Å²) < 4.78 is 5.50. The van der Waals surface area contributed by atoms with Gasteiger partial charge in [0, 0.05) is 24.9 Å². The van der Waals surface area contributed by atoms with Crippen molar-refractivity contribution in [1.29, 1.82) is 0 Å². The number of nitrogens with zero attached hydrogens (tertiary/aromatic N) is 1. The molecule has 0 radical (unpaired) electrons. The molecule has 0 saturated heterocycles. The van der Waals surface area contributed by atoms with E-state index in [0.29, 0.717) is 5.88 Å². The summed E-state index contributed by atoms with van der Waals surface area (Å²) in [6, 6.07) is 7.64. The first-order chi connectivity index (χ1) is 12.1. The van der Waals surface area contributed by atoms with E-state index in [1.54, 1.807) is 20.2 Å². The van der Waals surface area contributed by atoms with Crippen LogP contribution in [0.25, 0.3) is 11.1 Å². The van der Waals surface area contributed by atoms with E-state index >= 15 is 0 Å². The molecule has 132 valence electrons. The number of carbonyl (C=O) groups is 1. The highest BCUT2D eigenvalue weighted by molar-refractivity contribution is 5.96. The van der Waals surface area contributed by atoms with Crippen molar-refractivity contribution in [2.45, 2.75) is 32.3 Å². The second kappa shape index (κ2) is 7.53. The summed E-state index contributed by atoms with van der Waals surface area (Å²) in [5.74, 6) is 0.449. The number of amides is 2. The van der Waals surface area contributed by atoms with E-state index in [1.165, 1.54) is 11.1 Å². The highest BCUT2D eigenvalue weighted by Crippen LogP contribution is 2.38. The lowest BCUT2D eigenvalue weighted by atomic mass is 9.98. The maximum absolute atomic E-state index is 11.9. The predicted octanol–water partition coefficient (Wildman–Crippen LogP) is 2.75. The number of pyridine rings is 1. The molecule has 0 aliphatic heterocycles. The first-order valence-electron chi connectivity index (χ1n) is 8.49. The van der Waals surface area contributed by atoms with Crippen LogP contribution in [0, 0.1) is 0 Å². The summed E-state index contributed by atoms with van der Waals surface area (Å²) >= 11 is 0. The molecule has 3 rings (SSSR count). The lowest BCUT2D eigenvalue weighted by Crippen LogP contribution is -2.25. The van der Waals surface area contributed by atoms with E-state index in [2.05, 4.69) is 21.7 Å². The smallest absolute Gasteiger partial charge is 0.319 e. The van der Waals surface area contributed by atoms with Gasteiger partial charge >= 0.3 is 6.03 Å². The third-order valence-corrected chi connectivity index (χ3v) is 4.27. The van der Waals surface area contributed by atoms with Gasteiger partial charge in [-0.1, -0.05) is 12.1 Å². The quantitative estimate of drug-likeness (QED) is 0.781. The van der Waals surface area contributed by atoms with Gasteiger partial charge in [-0.25, -0.2) is 9.78 Å². The van der Waals surface area contributed by atoms with Crippen molar-refractivity contribution in [3.63, 3.8) is 0 Å². The Bertz CT molecular complexity index is 775. The average molecular weight is 341 g/mol. The fourth-order valence-electron chi connectivity index (χ4n) is 3.09. The number of aromatic nitrogens is 1. The molecular weight excluding hydrogens is 318 g/mol. The first-order valence-corrected chi connectivity index (χ1v) is 8.49. The molecule has 6 nitrogen and oxygen atoms in total. The van der Waals surface area contributed by atoms with Gasteiger partial charge in [-0.15, -0.1) is 0 Å². The first kappa shape index (κ1) is 17.2. The monoisotopic (exact) mass is 341 g/mol. The molecule has 0 saturated carbocycles. The number of aryl methyl sites for hydroxylation is 1. The Hall–Kier alpha value is -2.60. The number of ether oxygens (including phenoxy) is 1. The number of rotatable bonds is 5. The van der Waals surface area contributed by atoms with E-state index in [9.17, 15) is 9.90 Å². The van der Waals surface area contributed by atoms with E-state index in [0.717, 1.165) is 36.1 Å². The van der Waals surface area contributed by atoms with Crippen LogP contribution in [0.2, 0.25) is 0 Å². The molecule has 1 aliphatic rings. The summed E-state index contributed by atoms with van der Waals surface area (Å²) in [5.41, 5.74) is 5.19. The number of benzene rings is 1. The molecule has 1 aromatic heterocycles. The van der Waals surface area contributed by atoms with Crippen LogP contribution in [0.3, 0.4) is 0 Å². The lowest BCUT2D eigenvalue weighted by Gasteiger charge is -2.16. The fourth-order valence-corrected chi connectivity index (χ4v) is 3.09. The number of hydrogen-bond donors (Lipinski definition) is 3. The minimum atomic E-state index is -0.559. The normalized spacial score (nSPS) is 13.9. The second-order valence-electron chi connectivity index (χ2n) is 6.23. The minimum absolute atomic E-state index is 0.185. The molecule has 3 N–H and O–H groups in total. The Morgan fingerprint density at radius 3 is 2.96 bits per heavy atom. The highest BCUT2D eigenvalue weighted by Gasteiger charge is 2.20. The van der Waals surface area contributed by atoms with Gasteiger partial charge in [0.15, 0.2) is 0 Å². The van der Waals surface area contributed by atoms with Crippen LogP contribution in [0.15, 0.2) is 30.5 Å². The van der Waals surface area contributed by atoms with Gasteiger partial charge in [0.2, 0.25) is 5.88 Å². The Morgan fingerprint density at radius 2 is 2.20 bits per heavy atom. The number of aliphatic hydroxyl groups excluding tert-OH is 1. The van der Waals surface area contributed by atoms with Crippen LogP contribution in [0.4, 0.5) is 10.5 Å². The van der Waals surface area contributed by atoms with Gasteiger partial charge in [0.1, 0.15) is 6.61 Å². The van der Waals surface area contributed by atoms with Crippen LogP contribution < -0.4 is 15.4 Å². The van der Waals surface area contributed by atoms with E-state index in [1.807, 2.05) is 18.2 Å². The van der Waals surface area contributed by atoms with Gasteiger partial charge < -0.3 is 20.5 Å². The standard InChI is InChI=1S/C19H23N3O3/c1-12(23)11-25-17-10-14(8-9-21-17)16-7-6-13-4-3-5-15(13)18(16)22-19(24)20-2/h6-10,12,23H,3-5,11H2,1-2H3,(H2,20,22,24). The Morgan fingerprint density at radius 1 is 1.36 bits per heavy atom. The molecule has 1 atom stereocenters. The van der Waals surface area contributed by atoms with E-state index in [-0.39, 0.29) is 12.6 Å². The predicted molar refractivity (Wildman–Crippen MR) is 97.0 cm³/mol. The van der Waals surface area contributed by atoms with Crippen LogP contribution in [-0.2, 0) is 12.8 Å². The number of hydrogen-bond acceptors (Lipinski definition) is 4. The number of aliphatic hydroxyl groups is 1. The van der Waals surface area contributed by atoms with E-state index in [4.69, 9.17) is 4.74 Å². The summed E-state index contributed by atoms with van der Waals surface area (Å²) in [7, 11) is 1.60. The molecule has 0 bridgehead atoms. The molecule has 2 aromatic rings. The second-order valence-corrected chi connectivity index (χ2v) is 6.23. The molecule has 1 unspecified atom stereocenters. The van der Waals surface area contributed by atoms with Crippen molar-refractivity contribution in [1.82, 2.24) is 10.3 Å². The fraction of sp³-hybridized carbons (Fsp3) is 0.368. The Kier molecular flexibility index (Phi) is 5.19. The Labute approximate surface area is 147 Å². The van der Waals surface area contributed by atoms with Crippen molar-refractivity contribution in [3.05, 3.63) is 41.6 Å². The van der Waals surface area contributed by atoms with Crippen LogP contribution >= 0.6 is 0 Å². The topological polar surface area (TPSA) is 83.5 Å². The molecule has 2 amide bonds. The van der Waals surface area contributed by atoms with Gasteiger partial charge in [0.05, 0.1) is 11.8 Å². The molecule has 6 heteroatoms. The third-order valence-electron chi connectivity index (χ3n) is 4.27. The summed E-state index contributed by atoms with van der Waals surface area (Å²) in [6.07, 6.45) is 4.20. The number of urea groups is 1. The minimum Gasteiger partial charge on any atom is -0.475 e. The molecule has 1 heterocycles. The molecule has 0 spiro atoms. The van der Waals surface area contributed by atoms with Crippen molar-refractivity contribution in [2.75, 3.05) is 19.0 Å².